The molecule has 0 bridgehead atoms. The van der Waals surface area contributed by atoms with E-state index in [-0.39, 0.29) is 12.4 Å². The molecular weight excluding hydrogens is 296 g/mol. The highest BCUT2D eigenvalue weighted by atomic mass is 35.5. The monoisotopic (exact) mass is 316 g/mol. The van der Waals surface area contributed by atoms with Crippen molar-refractivity contribution >= 4 is 17.4 Å². The molecule has 0 aliphatic rings. The molecule has 5 nitrogen and oxygen atoms in total. The van der Waals surface area contributed by atoms with E-state index < -0.39 is 0 Å². The van der Waals surface area contributed by atoms with Gasteiger partial charge in [0.1, 0.15) is 12.4 Å². The van der Waals surface area contributed by atoms with E-state index in [0.717, 1.165) is 6.42 Å². The summed E-state index contributed by atoms with van der Waals surface area (Å²) in [7, 11) is 3.16. The van der Waals surface area contributed by atoms with Crippen molar-refractivity contribution in [3.05, 3.63) is 28.8 Å². The zero-order valence-electron chi connectivity index (χ0n) is 12.4. The molecule has 0 aliphatic heterocycles. The summed E-state index contributed by atoms with van der Waals surface area (Å²) in [4.78, 5) is 11.9. The molecule has 0 atom stereocenters. The zero-order chi connectivity index (χ0) is 15.5. The summed E-state index contributed by atoms with van der Waals surface area (Å²) in [6, 6.07) is 4.92. The third-order valence-corrected chi connectivity index (χ3v) is 3.01. The SMILES string of the molecule is COCCOCCCOCC(=O)c1ccc(OC)c(Cl)c1. The Morgan fingerprint density at radius 2 is 1.86 bits per heavy atom. The van der Waals surface area contributed by atoms with Gasteiger partial charge in [-0.25, -0.2) is 0 Å². The third-order valence-electron chi connectivity index (χ3n) is 2.72. The molecule has 6 heteroatoms. The Kier molecular flexibility index (Phi) is 9.01. The van der Waals surface area contributed by atoms with Gasteiger partial charge >= 0.3 is 0 Å². The van der Waals surface area contributed by atoms with Crippen LogP contribution in [0.4, 0.5) is 0 Å². The first-order chi connectivity index (χ1) is 10.2. The van der Waals surface area contributed by atoms with Crippen LogP contribution < -0.4 is 4.74 Å². The predicted molar refractivity (Wildman–Crippen MR) is 80.5 cm³/mol. The lowest BCUT2D eigenvalue weighted by molar-refractivity contribution is 0.0488. The second kappa shape index (κ2) is 10.6. The number of carbonyl (C=O) groups is 1. The van der Waals surface area contributed by atoms with Gasteiger partial charge in [0.25, 0.3) is 0 Å². The molecular formula is C15H21ClO5. The Morgan fingerprint density at radius 1 is 1.10 bits per heavy atom. The standard InChI is InChI=1S/C15H21ClO5/c1-18-8-9-20-6-3-7-21-11-14(17)12-4-5-15(19-2)13(16)10-12/h4-5,10H,3,6-9,11H2,1-2H3. The molecule has 0 aromatic heterocycles. The van der Waals surface area contributed by atoms with Crippen LogP contribution in [-0.2, 0) is 14.2 Å². The third kappa shape index (κ3) is 6.91. The number of carbonyl (C=O) groups excluding carboxylic acids is 1. The lowest BCUT2D eigenvalue weighted by Crippen LogP contribution is -2.11. The minimum atomic E-state index is -0.111. The van der Waals surface area contributed by atoms with Gasteiger partial charge in [-0.05, 0) is 24.6 Å². The summed E-state index contributed by atoms with van der Waals surface area (Å²) in [5, 5.41) is 0.412. The molecule has 0 amide bonds. The number of benzene rings is 1. The number of Topliss-reactive ketones (excluding diaryl/α,β-unsaturated/α-hetero) is 1. The molecule has 1 aromatic rings. The van der Waals surface area contributed by atoms with Crippen molar-refractivity contribution in [2.75, 3.05) is 47.3 Å². The molecule has 1 aromatic carbocycles. The van der Waals surface area contributed by atoms with E-state index in [1.165, 1.54) is 7.11 Å². The van der Waals surface area contributed by atoms with E-state index in [4.69, 9.17) is 30.5 Å². The molecule has 0 unspecified atom stereocenters. The van der Waals surface area contributed by atoms with Gasteiger partial charge in [-0.1, -0.05) is 11.6 Å². The Balaban J connectivity index is 2.20. The predicted octanol–water partition coefficient (Wildman–Crippen LogP) is 2.60. The van der Waals surface area contributed by atoms with Crippen molar-refractivity contribution in [3.8, 4) is 5.75 Å². The van der Waals surface area contributed by atoms with Crippen LogP contribution in [0.5, 0.6) is 5.75 Å². The number of methoxy groups -OCH3 is 2. The summed E-state index contributed by atoms with van der Waals surface area (Å²) >= 11 is 5.97. The van der Waals surface area contributed by atoms with Crippen molar-refractivity contribution in [2.24, 2.45) is 0 Å². The van der Waals surface area contributed by atoms with E-state index >= 15 is 0 Å². The first kappa shape index (κ1) is 17.9. The van der Waals surface area contributed by atoms with Crippen LogP contribution >= 0.6 is 11.6 Å². The van der Waals surface area contributed by atoms with Gasteiger partial charge in [-0.15, -0.1) is 0 Å². The molecule has 0 fully saturated rings. The van der Waals surface area contributed by atoms with E-state index in [1.54, 1.807) is 25.3 Å². The van der Waals surface area contributed by atoms with Crippen LogP contribution in [-0.4, -0.2) is 53.0 Å². The maximum atomic E-state index is 11.9. The van der Waals surface area contributed by atoms with Crippen molar-refractivity contribution in [2.45, 2.75) is 6.42 Å². The van der Waals surface area contributed by atoms with Crippen LogP contribution in [0.2, 0.25) is 5.02 Å². The number of halogens is 1. The summed E-state index contributed by atoms with van der Waals surface area (Å²) in [5.74, 6) is 0.433. The highest BCUT2D eigenvalue weighted by Crippen LogP contribution is 2.25. The van der Waals surface area contributed by atoms with E-state index in [0.29, 0.717) is 42.8 Å². The second-order valence-corrected chi connectivity index (χ2v) is 4.69. The highest BCUT2D eigenvalue weighted by molar-refractivity contribution is 6.32. The molecule has 0 N–H and O–H groups in total. The summed E-state index contributed by atoms with van der Waals surface area (Å²) in [6.07, 6.45) is 0.736. The fourth-order valence-electron chi connectivity index (χ4n) is 1.60. The number of hydrogen-bond donors (Lipinski definition) is 0. The van der Waals surface area contributed by atoms with Gasteiger partial charge in [-0.2, -0.15) is 0 Å². The Bertz CT molecular complexity index is 436. The molecule has 0 aliphatic carbocycles. The molecule has 1 rings (SSSR count). The van der Waals surface area contributed by atoms with Gasteiger partial charge in [0, 0.05) is 25.9 Å². The smallest absolute Gasteiger partial charge is 0.188 e. The van der Waals surface area contributed by atoms with E-state index in [9.17, 15) is 4.79 Å². The molecule has 0 saturated carbocycles. The first-order valence-corrected chi connectivity index (χ1v) is 7.08. The fourth-order valence-corrected chi connectivity index (χ4v) is 1.85. The normalized spacial score (nSPS) is 10.6. The van der Waals surface area contributed by atoms with Crippen molar-refractivity contribution in [1.82, 2.24) is 0 Å². The van der Waals surface area contributed by atoms with Crippen LogP contribution in [0.3, 0.4) is 0 Å². The molecule has 0 saturated heterocycles. The fraction of sp³-hybridized carbons (Fsp3) is 0.533. The van der Waals surface area contributed by atoms with Crippen molar-refractivity contribution in [3.63, 3.8) is 0 Å². The van der Waals surface area contributed by atoms with E-state index in [1.807, 2.05) is 0 Å². The maximum Gasteiger partial charge on any atom is 0.188 e. The van der Waals surface area contributed by atoms with Crippen LogP contribution in [0.25, 0.3) is 0 Å². The lowest BCUT2D eigenvalue weighted by Gasteiger charge is -2.07. The average molecular weight is 317 g/mol. The molecule has 0 radical (unpaired) electrons. The highest BCUT2D eigenvalue weighted by Gasteiger charge is 2.09. The maximum absolute atomic E-state index is 11.9. The lowest BCUT2D eigenvalue weighted by atomic mass is 10.1. The van der Waals surface area contributed by atoms with E-state index in [2.05, 4.69) is 0 Å². The van der Waals surface area contributed by atoms with Crippen LogP contribution in [0.15, 0.2) is 18.2 Å². The number of ketones is 1. The Labute approximate surface area is 130 Å². The second-order valence-electron chi connectivity index (χ2n) is 4.28. The first-order valence-electron chi connectivity index (χ1n) is 6.70. The largest absolute Gasteiger partial charge is 0.495 e. The molecule has 0 heterocycles. The average Bonchev–Trinajstić information content (AvgIpc) is 2.49. The van der Waals surface area contributed by atoms with Gasteiger partial charge in [0.15, 0.2) is 5.78 Å². The van der Waals surface area contributed by atoms with Gasteiger partial charge in [-0.3, -0.25) is 4.79 Å². The van der Waals surface area contributed by atoms with Crippen molar-refractivity contribution < 1.29 is 23.7 Å². The quantitative estimate of drug-likeness (QED) is 0.464. The number of ether oxygens (including phenoxy) is 4. The topological polar surface area (TPSA) is 54.0 Å². The Morgan fingerprint density at radius 3 is 2.52 bits per heavy atom. The number of hydrogen-bond acceptors (Lipinski definition) is 5. The molecule has 21 heavy (non-hydrogen) atoms. The summed E-state index contributed by atoms with van der Waals surface area (Å²) in [6.45, 7) is 2.24. The summed E-state index contributed by atoms with van der Waals surface area (Å²) in [5.41, 5.74) is 0.511. The molecule has 0 spiro atoms. The minimum absolute atomic E-state index is 0.0285. The molecule has 118 valence electrons. The minimum Gasteiger partial charge on any atom is -0.495 e. The van der Waals surface area contributed by atoms with Crippen molar-refractivity contribution in [1.29, 1.82) is 0 Å². The van der Waals surface area contributed by atoms with Gasteiger partial charge in [0.05, 0.1) is 25.3 Å². The zero-order valence-corrected chi connectivity index (χ0v) is 13.1. The number of rotatable bonds is 11. The van der Waals surface area contributed by atoms with Gasteiger partial charge < -0.3 is 18.9 Å². The summed E-state index contributed by atoms with van der Waals surface area (Å²) < 4.78 is 20.5. The van der Waals surface area contributed by atoms with Crippen LogP contribution in [0, 0.1) is 0 Å². The van der Waals surface area contributed by atoms with Gasteiger partial charge in [0.2, 0.25) is 0 Å². The van der Waals surface area contributed by atoms with Crippen LogP contribution in [0.1, 0.15) is 16.8 Å². The Hall–Kier alpha value is -1.14.